The number of hydrogen-bond acceptors (Lipinski definition) is 4. The number of amides is 1. The minimum absolute atomic E-state index is 0.0423. The van der Waals surface area contributed by atoms with Gasteiger partial charge in [0.05, 0.1) is 19.8 Å². The minimum atomic E-state index is -0.167. The molecular weight excluding hydrogens is 342 g/mol. The standard InChI is InChI=1S/C20H29N5O2/c1-5-16-7-6-8-17(13-16)24-18(26)14-22-19(21-4)23-15-20(2,3)25-9-11-27-12-10-25/h1,6-8,13H,9-12,14-15H2,2-4H3,(H,24,26)(H2,21,22,23). The number of benzene rings is 1. The molecule has 2 rings (SSSR count). The first-order valence-corrected chi connectivity index (χ1v) is 9.08. The normalized spacial score (nSPS) is 15.7. The van der Waals surface area contributed by atoms with E-state index in [2.05, 4.69) is 45.6 Å². The molecule has 0 saturated carbocycles. The maximum atomic E-state index is 12.2. The number of hydrogen-bond donors (Lipinski definition) is 3. The lowest BCUT2D eigenvalue weighted by Gasteiger charge is -2.41. The van der Waals surface area contributed by atoms with Gasteiger partial charge in [0.25, 0.3) is 0 Å². The summed E-state index contributed by atoms with van der Waals surface area (Å²) in [6.07, 6.45) is 5.38. The summed E-state index contributed by atoms with van der Waals surface area (Å²) < 4.78 is 5.42. The van der Waals surface area contributed by atoms with E-state index in [-0.39, 0.29) is 18.0 Å². The minimum Gasteiger partial charge on any atom is -0.379 e. The molecular formula is C20H29N5O2. The molecule has 0 bridgehead atoms. The molecule has 0 aromatic heterocycles. The number of guanidine groups is 1. The van der Waals surface area contributed by atoms with Crippen LogP contribution in [-0.2, 0) is 9.53 Å². The van der Waals surface area contributed by atoms with Crippen LogP contribution in [0.2, 0.25) is 0 Å². The van der Waals surface area contributed by atoms with Crippen molar-refractivity contribution in [1.29, 1.82) is 0 Å². The van der Waals surface area contributed by atoms with Crippen LogP contribution in [0, 0.1) is 12.3 Å². The second-order valence-corrected chi connectivity index (χ2v) is 6.96. The predicted octanol–water partition coefficient (Wildman–Crippen LogP) is 0.882. The third-order valence-corrected chi connectivity index (χ3v) is 4.51. The van der Waals surface area contributed by atoms with Crippen molar-refractivity contribution < 1.29 is 9.53 Å². The summed E-state index contributed by atoms with van der Waals surface area (Å²) >= 11 is 0. The molecule has 1 aliphatic rings. The van der Waals surface area contributed by atoms with Crippen LogP contribution >= 0.6 is 0 Å². The van der Waals surface area contributed by atoms with Crippen molar-refractivity contribution in [1.82, 2.24) is 15.5 Å². The maximum absolute atomic E-state index is 12.2. The topological polar surface area (TPSA) is 78.0 Å². The largest absolute Gasteiger partial charge is 0.379 e. The fraction of sp³-hybridized carbons (Fsp3) is 0.500. The van der Waals surface area contributed by atoms with E-state index in [1.54, 1.807) is 19.2 Å². The lowest BCUT2D eigenvalue weighted by atomic mass is 10.0. The van der Waals surface area contributed by atoms with Crippen LogP contribution in [0.25, 0.3) is 0 Å². The van der Waals surface area contributed by atoms with E-state index in [4.69, 9.17) is 11.2 Å². The van der Waals surface area contributed by atoms with Crippen LogP contribution < -0.4 is 16.0 Å². The summed E-state index contributed by atoms with van der Waals surface area (Å²) in [6.45, 7) is 8.54. The zero-order valence-electron chi connectivity index (χ0n) is 16.3. The van der Waals surface area contributed by atoms with E-state index < -0.39 is 0 Å². The summed E-state index contributed by atoms with van der Waals surface area (Å²) in [4.78, 5) is 18.7. The zero-order chi connectivity index (χ0) is 19.7. The van der Waals surface area contributed by atoms with Gasteiger partial charge in [-0.05, 0) is 32.0 Å². The van der Waals surface area contributed by atoms with Gasteiger partial charge < -0.3 is 20.7 Å². The van der Waals surface area contributed by atoms with Crippen molar-refractivity contribution in [3.8, 4) is 12.3 Å². The van der Waals surface area contributed by atoms with Crippen molar-refractivity contribution in [2.75, 3.05) is 51.8 Å². The number of carbonyl (C=O) groups is 1. The van der Waals surface area contributed by atoms with Gasteiger partial charge in [-0.2, -0.15) is 0 Å². The van der Waals surface area contributed by atoms with Crippen molar-refractivity contribution in [2.45, 2.75) is 19.4 Å². The van der Waals surface area contributed by atoms with Gasteiger partial charge in [-0.1, -0.05) is 12.0 Å². The van der Waals surface area contributed by atoms with Crippen LogP contribution in [0.1, 0.15) is 19.4 Å². The monoisotopic (exact) mass is 371 g/mol. The molecule has 1 aromatic rings. The molecule has 0 spiro atoms. The van der Waals surface area contributed by atoms with E-state index in [9.17, 15) is 4.79 Å². The predicted molar refractivity (Wildman–Crippen MR) is 109 cm³/mol. The van der Waals surface area contributed by atoms with Crippen LogP contribution in [0.4, 0.5) is 5.69 Å². The quantitative estimate of drug-likeness (QED) is 0.393. The van der Waals surface area contributed by atoms with Crippen LogP contribution in [0.15, 0.2) is 29.3 Å². The average Bonchev–Trinajstić information content (AvgIpc) is 2.69. The van der Waals surface area contributed by atoms with Gasteiger partial charge in [0.15, 0.2) is 5.96 Å². The number of morpholine rings is 1. The van der Waals surface area contributed by atoms with Crippen molar-refractivity contribution in [2.24, 2.45) is 4.99 Å². The van der Waals surface area contributed by atoms with E-state index >= 15 is 0 Å². The Bertz CT molecular complexity index is 703. The Morgan fingerprint density at radius 3 is 2.74 bits per heavy atom. The Hall–Kier alpha value is -2.56. The van der Waals surface area contributed by atoms with Crippen molar-refractivity contribution in [3.63, 3.8) is 0 Å². The zero-order valence-corrected chi connectivity index (χ0v) is 16.3. The molecule has 0 atom stereocenters. The summed E-state index contributed by atoms with van der Waals surface area (Å²) in [5.41, 5.74) is 1.36. The number of anilines is 1. The summed E-state index contributed by atoms with van der Waals surface area (Å²) in [5.74, 6) is 2.97. The molecule has 1 aromatic carbocycles. The van der Waals surface area contributed by atoms with Gasteiger partial charge in [0.1, 0.15) is 0 Å². The molecule has 1 saturated heterocycles. The third-order valence-electron chi connectivity index (χ3n) is 4.51. The Kier molecular flexibility index (Phi) is 7.65. The van der Waals surface area contributed by atoms with Crippen LogP contribution in [-0.4, -0.2) is 68.7 Å². The second kappa shape index (κ2) is 9.95. The Morgan fingerprint density at radius 1 is 1.33 bits per heavy atom. The number of rotatable bonds is 6. The third kappa shape index (κ3) is 6.59. The van der Waals surface area contributed by atoms with Gasteiger partial charge in [-0.3, -0.25) is 14.7 Å². The first kappa shape index (κ1) is 20.7. The lowest BCUT2D eigenvalue weighted by Crippen LogP contribution is -2.56. The maximum Gasteiger partial charge on any atom is 0.243 e. The molecule has 1 amide bonds. The molecule has 27 heavy (non-hydrogen) atoms. The highest BCUT2D eigenvalue weighted by atomic mass is 16.5. The Labute approximate surface area is 161 Å². The average molecular weight is 371 g/mol. The van der Waals surface area contributed by atoms with Gasteiger partial charge >= 0.3 is 0 Å². The SMILES string of the molecule is C#Cc1cccc(NC(=O)CNC(=NC)NCC(C)(C)N2CCOCC2)c1. The molecule has 0 radical (unpaired) electrons. The lowest BCUT2D eigenvalue weighted by molar-refractivity contribution is -0.115. The molecule has 0 unspecified atom stereocenters. The van der Waals surface area contributed by atoms with Crippen LogP contribution in [0.3, 0.4) is 0 Å². The number of nitrogens with one attached hydrogen (secondary N) is 3. The second-order valence-electron chi connectivity index (χ2n) is 6.96. The highest BCUT2D eigenvalue weighted by molar-refractivity contribution is 5.95. The van der Waals surface area contributed by atoms with Gasteiger partial charge in [-0.25, -0.2) is 0 Å². The first-order chi connectivity index (χ1) is 12.9. The molecule has 7 nitrogen and oxygen atoms in total. The molecule has 3 N–H and O–H groups in total. The number of nitrogens with zero attached hydrogens (tertiary/aromatic N) is 2. The van der Waals surface area contributed by atoms with E-state index in [0.29, 0.717) is 18.2 Å². The van der Waals surface area contributed by atoms with E-state index in [1.165, 1.54) is 0 Å². The van der Waals surface area contributed by atoms with E-state index in [1.807, 2.05) is 12.1 Å². The van der Waals surface area contributed by atoms with Crippen molar-refractivity contribution >= 4 is 17.6 Å². The van der Waals surface area contributed by atoms with E-state index in [0.717, 1.165) is 31.9 Å². The molecule has 146 valence electrons. The summed E-state index contributed by atoms with van der Waals surface area (Å²) in [6, 6.07) is 7.19. The van der Waals surface area contributed by atoms with Gasteiger partial charge in [0.2, 0.25) is 5.91 Å². The number of terminal acetylenes is 1. The molecule has 1 aliphatic heterocycles. The first-order valence-electron chi connectivity index (χ1n) is 9.08. The van der Waals surface area contributed by atoms with Gasteiger partial charge in [0, 0.05) is 43.5 Å². The Morgan fingerprint density at radius 2 is 2.07 bits per heavy atom. The molecule has 0 aliphatic carbocycles. The number of carbonyl (C=O) groups excluding carboxylic acids is 1. The van der Waals surface area contributed by atoms with Crippen LogP contribution in [0.5, 0.6) is 0 Å². The number of ether oxygens (including phenoxy) is 1. The Balaban J connectivity index is 1.79. The smallest absolute Gasteiger partial charge is 0.243 e. The number of aliphatic imine (C=N–C) groups is 1. The highest BCUT2D eigenvalue weighted by Crippen LogP contribution is 2.15. The molecule has 7 heteroatoms. The van der Waals surface area contributed by atoms with Crippen molar-refractivity contribution in [3.05, 3.63) is 29.8 Å². The fourth-order valence-corrected chi connectivity index (χ4v) is 2.86. The summed E-state index contributed by atoms with van der Waals surface area (Å²) in [5, 5.41) is 9.15. The van der Waals surface area contributed by atoms with Gasteiger partial charge in [-0.15, -0.1) is 6.42 Å². The molecule has 1 heterocycles. The summed E-state index contributed by atoms with van der Waals surface area (Å²) in [7, 11) is 1.69. The fourth-order valence-electron chi connectivity index (χ4n) is 2.86. The highest BCUT2D eigenvalue weighted by Gasteiger charge is 2.28. The molecule has 1 fully saturated rings.